The summed E-state index contributed by atoms with van der Waals surface area (Å²) in [5, 5.41) is 8.75. The Balaban J connectivity index is 2.94. The second-order valence-corrected chi connectivity index (χ2v) is 3.49. The molecule has 1 aromatic rings. The number of oxazole rings is 1. The minimum absolute atomic E-state index is 0.0865. The highest BCUT2D eigenvalue weighted by Gasteiger charge is 2.18. The van der Waals surface area contributed by atoms with E-state index in [1.54, 1.807) is 0 Å². The van der Waals surface area contributed by atoms with Gasteiger partial charge in [0.25, 0.3) is 0 Å². The number of aromatic carboxylic acids is 1. The van der Waals surface area contributed by atoms with Crippen LogP contribution in [0, 0.1) is 5.92 Å². The Bertz CT molecular complexity index is 331. The molecule has 0 radical (unpaired) electrons. The summed E-state index contributed by atoms with van der Waals surface area (Å²) >= 11 is 0. The van der Waals surface area contributed by atoms with Crippen molar-refractivity contribution in [3.05, 3.63) is 17.3 Å². The van der Waals surface area contributed by atoms with Crippen LogP contribution < -0.4 is 5.73 Å². The van der Waals surface area contributed by atoms with Crippen LogP contribution in [0.15, 0.2) is 4.42 Å². The number of nitrogens with two attached hydrogens (primary N) is 1. The number of nitrogens with zero attached hydrogens (tertiary/aromatic N) is 1. The summed E-state index contributed by atoms with van der Waals surface area (Å²) in [6, 6.07) is 0. The SMILES string of the molecule is CC(C)Cc1nc(CN)c(C(=O)O)o1. The van der Waals surface area contributed by atoms with Crippen molar-refractivity contribution >= 4 is 5.97 Å². The first-order chi connectivity index (χ1) is 6.54. The molecule has 0 unspecified atom stereocenters. The van der Waals surface area contributed by atoms with Gasteiger partial charge in [-0.2, -0.15) is 0 Å². The molecule has 5 heteroatoms. The van der Waals surface area contributed by atoms with E-state index in [-0.39, 0.29) is 12.3 Å². The normalized spacial score (nSPS) is 10.9. The van der Waals surface area contributed by atoms with Crippen molar-refractivity contribution in [2.45, 2.75) is 26.8 Å². The van der Waals surface area contributed by atoms with Crippen LogP contribution in [0.25, 0.3) is 0 Å². The summed E-state index contributed by atoms with van der Waals surface area (Å²) in [4.78, 5) is 14.7. The third kappa shape index (κ3) is 2.32. The average Bonchev–Trinajstić information content (AvgIpc) is 2.46. The van der Waals surface area contributed by atoms with Crippen molar-refractivity contribution in [2.24, 2.45) is 11.7 Å². The number of hydrogen-bond donors (Lipinski definition) is 2. The predicted molar refractivity (Wildman–Crippen MR) is 49.9 cm³/mol. The van der Waals surface area contributed by atoms with E-state index in [9.17, 15) is 4.79 Å². The molecule has 0 saturated heterocycles. The number of carbonyl (C=O) groups is 1. The van der Waals surface area contributed by atoms with Crippen molar-refractivity contribution < 1.29 is 14.3 Å². The first-order valence-electron chi connectivity index (χ1n) is 4.46. The Kier molecular flexibility index (Phi) is 3.24. The Morgan fingerprint density at radius 3 is 2.64 bits per heavy atom. The number of carboxylic acids is 1. The van der Waals surface area contributed by atoms with Crippen LogP contribution in [0.1, 0.15) is 36.0 Å². The smallest absolute Gasteiger partial charge is 0.373 e. The molecule has 3 N–H and O–H groups in total. The van der Waals surface area contributed by atoms with Gasteiger partial charge in [0.15, 0.2) is 5.89 Å². The maximum Gasteiger partial charge on any atom is 0.373 e. The topological polar surface area (TPSA) is 89.3 Å². The highest BCUT2D eigenvalue weighted by molar-refractivity contribution is 5.85. The lowest BCUT2D eigenvalue weighted by Gasteiger charge is -1.97. The molecule has 0 saturated carbocycles. The van der Waals surface area contributed by atoms with Gasteiger partial charge in [-0.25, -0.2) is 9.78 Å². The summed E-state index contributed by atoms with van der Waals surface area (Å²) in [7, 11) is 0. The van der Waals surface area contributed by atoms with E-state index < -0.39 is 5.97 Å². The molecule has 1 heterocycles. The number of rotatable bonds is 4. The van der Waals surface area contributed by atoms with Crippen LogP contribution in [-0.4, -0.2) is 16.1 Å². The number of hydrogen-bond acceptors (Lipinski definition) is 4. The molecule has 0 aliphatic heterocycles. The summed E-state index contributed by atoms with van der Waals surface area (Å²) in [5.41, 5.74) is 5.66. The lowest BCUT2D eigenvalue weighted by Crippen LogP contribution is -2.04. The van der Waals surface area contributed by atoms with Gasteiger partial charge in [0.05, 0.1) is 0 Å². The summed E-state index contributed by atoms with van der Waals surface area (Å²) < 4.78 is 5.09. The van der Waals surface area contributed by atoms with E-state index in [1.165, 1.54) is 0 Å². The molecule has 78 valence electrons. The lowest BCUT2D eigenvalue weighted by molar-refractivity contribution is 0.0658. The standard InChI is InChI=1S/C9H14N2O3/c1-5(2)3-7-11-6(4-10)8(14-7)9(12)13/h5H,3-4,10H2,1-2H3,(H,12,13). The Morgan fingerprint density at radius 1 is 1.64 bits per heavy atom. The van der Waals surface area contributed by atoms with Crippen molar-refractivity contribution in [1.82, 2.24) is 4.98 Å². The molecule has 0 fully saturated rings. The number of aromatic nitrogens is 1. The molecule has 1 rings (SSSR count). The van der Waals surface area contributed by atoms with E-state index in [0.29, 0.717) is 23.9 Å². The third-order valence-electron chi connectivity index (χ3n) is 1.71. The van der Waals surface area contributed by atoms with Gasteiger partial charge in [0, 0.05) is 13.0 Å². The molecule has 0 aromatic carbocycles. The van der Waals surface area contributed by atoms with Gasteiger partial charge in [-0.1, -0.05) is 13.8 Å². The largest absolute Gasteiger partial charge is 0.475 e. The molecular weight excluding hydrogens is 184 g/mol. The summed E-state index contributed by atoms with van der Waals surface area (Å²) in [6.45, 7) is 4.10. The molecule has 14 heavy (non-hydrogen) atoms. The maximum atomic E-state index is 10.7. The molecule has 0 spiro atoms. The quantitative estimate of drug-likeness (QED) is 0.754. The van der Waals surface area contributed by atoms with Crippen LogP contribution in [-0.2, 0) is 13.0 Å². The van der Waals surface area contributed by atoms with Gasteiger partial charge in [0.1, 0.15) is 5.69 Å². The first kappa shape index (κ1) is 10.7. The Hall–Kier alpha value is -1.36. The predicted octanol–water partition coefficient (Wildman–Crippen LogP) is 1.03. The van der Waals surface area contributed by atoms with E-state index in [4.69, 9.17) is 15.3 Å². The molecule has 0 aliphatic rings. The van der Waals surface area contributed by atoms with E-state index in [2.05, 4.69) is 4.98 Å². The van der Waals surface area contributed by atoms with E-state index in [0.717, 1.165) is 0 Å². The zero-order valence-corrected chi connectivity index (χ0v) is 8.28. The fraction of sp³-hybridized carbons (Fsp3) is 0.556. The molecule has 5 nitrogen and oxygen atoms in total. The maximum absolute atomic E-state index is 10.7. The van der Waals surface area contributed by atoms with Crippen molar-refractivity contribution in [1.29, 1.82) is 0 Å². The van der Waals surface area contributed by atoms with E-state index >= 15 is 0 Å². The van der Waals surface area contributed by atoms with E-state index in [1.807, 2.05) is 13.8 Å². The zero-order chi connectivity index (χ0) is 10.7. The summed E-state index contributed by atoms with van der Waals surface area (Å²) in [5.74, 6) is -0.435. The molecular formula is C9H14N2O3. The minimum atomic E-state index is -1.12. The van der Waals surface area contributed by atoms with Crippen molar-refractivity contribution in [3.63, 3.8) is 0 Å². The van der Waals surface area contributed by atoms with Crippen LogP contribution in [0.3, 0.4) is 0 Å². The monoisotopic (exact) mass is 198 g/mol. The average molecular weight is 198 g/mol. The molecule has 0 bridgehead atoms. The van der Waals surface area contributed by atoms with Gasteiger partial charge < -0.3 is 15.3 Å². The van der Waals surface area contributed by atoms with Gasteiger partial charge >= 0.3 is 5.97 Å². The van der Waals surface area contributed by atoms with Crippen LogP contribution in [0.4, 0.5) is 0 Å². The van der Waals surface area contributed by atoms with Crippen LogP contribution >= 0.6 is 0 Å². The Morgan fingerprint density at radius 2 is 2.29 bits per heavy atom. The van der Waals surface area contributed by atoms with Crippen LogP contribution in [0.5, 0.6) is 0 Å². The Labute approximate surface area is 81.9 Å². The fourth-order valence-corrected chi connectivity index (χ4v) is 1.14. The molecule has 0 atom stereocenters. The van der Waals surface area contributed by atoms with Gasteiger partial charge in [-0.3, -0.25) is 0 Å². The fourth-order valence-electron chi connectivity index (χ4n) is 1.14. The van der Waals surface area contributed by atoms with Crippen LogP contribution in [0.2, 0.25) is 0 Å². The minimum Gasteiger partial charge on any atom is -0.475 e. The number of carboxylic acid groups (broad SMARTS) is 1. The molecule has 1 aromatic heterocycles. The zero-order valence-electron chi connectivity index (χ0n) is 8.28. The molecule has 0 amide bonds. The first-order valence-corrected chi connectivity index (χ1v) is 4.46. The van der Waals surface area contributed by atoms with Gasteiger partial charge in [-0.15, -0.1) is 0 Å². The highest BCUT2D eigenvalue weighted by Crippen LogP contribution is 2.13. The lowest BCUT2D eigenvalue weighted by atomic mass is 10.1. The highest BCUT2D eigenvalue weighted by atomic mass is 16.4. The van der Waals surface area contributed by atoms with Crippen molar-refractivity contribution in [3.8, 4) is 0 Å². The molecule has 0 aliphatic carbocycles. The van der Waals surface area contributed by atoms with Gasteiger partial charge in [0.2, 0.25) is 5.76 Å². The van der Waals surface area contributed by atoms with Gasteiger partial charge in [-0.05, 0) is 5.92 Å². The second kappa shape index (κ2) is 4.23. The second-order valence-electron chi connectivity index (χ2n) is 3.49. The third-order valence-corrected chi connectivity index (χ3v) is 1.71. The summed E-state index contributed by atoms with van der Waals surface area (Å²) in [6.07, 6.45) is 0.625. The van der Waals surface area contributed by atoms with Crippen molar-refractivity contribution in [2.75, 3.05) is 0 Å².